The average molecular weight is 559 g/mol. The zero-order chi connectivity index (χ0) is 28.3. The maximum Gasteiger partial charge on any atom is 0.416 e. The number of rotatable bonds is 8. The Morgan fingerprint density at radius 3 is 2.32 bits per heavy atom. The Morgan fingerprint density at radius 1 is 1.00 bits per heavy atom. The Morgan fingerprint density at radius 2 is 1.71 bits per heavy atom. The van der Waals surface area contributed by atoms with Crippen LogP contribution < -0.4 is 14.2 Å². The third-order valence-corrected chi connectivity index (χ3v) is 6.52. The summed E-state index contributed by atoms with van der Waals surface area (Å²) in [7, 11) is -3.46. The molecule has 0 atom stereocenters. The minimum Gasteiger partial charge on any atom is -0.493 e. The van der Waals surface area contributed by atoms with E-state index in [0.717, 1.165) is 30.3 Å². The molecule has 0 aromatic heterocycles. The molecular weight excluding hydrogens is 535 g/mol. The maximum absolute atomic E-state index is 14.0. The minimum atomic E-state index is -4.76. The first-order valence-electron chi connectivity index (χ1n) is 11.0. The van der Waals surface area contributed by atoms with Crippen molar-refractivity contribution >= 4 is 21.8 Å². The van der Waals surface area contributed by atoms with Crippen LogP contribution >= 0.6 is 0 Å². The van der Waals surface area contributed by atoms with Gasteiger partial charge in [-0.25, -0.2) is 13.6 Å². The average Bonchev–Trinajstić information content (AvgIpc) is 2.83. The van der Waals surface area contributed by atoms with Crippen LogP contribution in [0, 0.1) is 11.6 Å². The van der Waals surface area contributed by atoms with E-state index in [0.29, 0.717) is 17.7 Å². The van der Waals surface area contributed by atoms with E-state index in [1.54, 1.807) is 13.8 Å². The van der Waals surface area contributed by atoms with Crippen molar-refractivity contribution in [2.24, 2.45) is 0 Å². The number of benzene rings is 3. The van der Waals surface area contributed by atoms with E-state index >= 15 is 0 Å². The van der Waals surface area contributed by atoms with Gasteiger partial charge in [-0.2, -0.15) is 21.6 Å². The quantitative estimate of drug-likeness (QED) is 0.263. The van der Waals surface area contributed by atoms with Crippen LogP contribution in [0.3, 0.4) is 0 Å². The van der Waals surface area contributed by atoms with E-state index in [4.69, 9.17) is 8.92 Å². The highest BCUT2D eigenvalue weighted by Gasteiger charge is 2.32. The molecule has 204 valence electrons. The molecule has 0 spiro atoms. The number of urea groups is 1. The second kappa shape index (κ2) is 11.3. The van der Waals surface area contributed by atoms with Crippen molar-refractivity contribution in [3.63, 3.8) is 0 Å². The van der Waals surface area contributed by atoms with Gasteiger partial charge < -0.3 is 19.1 Å². The number of halogens is 5. The highest BCUT2D eigenvalue weighted by atomic mass is 32.2. The molecule has 0 heterocycles. The van der Waals surface area contributed by atoms with E-state index in [2.05, 4.69) is 5.32 Å². The Bertz CT molecular complexity index is 1430. The summed E-state index contributed by atoms with van der Waals surface area (Å²) in [5.41, 5.74) is -1.05. The molecule has 3 rings (SSSR count). The largest absolute Gasteiger partial charge is 0.493 e. The molecule has 1 N–H and O–H groups in total. The van der Waals surface area contributed by atoms with Gasteiger partial charge in [0.2, 0.25) is 0 Å². The van der Waals surface area contributed by atoms with Crippen molar-refractivity contribution in [2.75, 3.05) is 12.4 Å². The fourth-order valence-corrected chi connectivity index (χ4v) is 4.32. The maximum atomic E-state index is 14.0. The summed E-state index contributed by atoms with van der Waals surface area (Å²) in [5, 5.41) is 2.36. The molecule has 0 aliphatic heterocycles. The van der Waals surface area contributed by atoms with Crippen LogP contribution in [0.15, 0.2) is 65.6 Å². The Hall–Kier alpha value is -3.87. The van der Waals surface area contributed by atoms with Crippen molar-refractivity contribution in [1.29, 1.82) is 0 Å². The number of anilines is 1. The van der Waals surface area contributed by atoms with Crippen molar-refractivity contribution in [3.8, 4) is 11.5 Å². The lowest BCUT2D eigenvalue weighted by Gasteiger charge is -2.27. The van der Waals surface area contributed by atoms with Crippen LogP contribution in [0.5, 0.6) is 11.5 Å². The van der Waals surface area contributed by atoms with Crippen molar-refractivity contribution < 1.29 is 44.1 Å². The van der Waals surface area contributed by atoms with E-state index < -0.39 is 50.5 Å². The van der Waals surface area contributed by atoms with Gasteiger partial charge in [0.05, 0.1) is 18.4 Å². The van der Waals surface area contributed by atoms with Crippen LogP contribution in [0.1, 0.15) is 25.0 Å². The number of nitrogens with zero attached hydrogens (tertiary/aromatic N) is 1. The van der Waals surface area contributed by atoms with Gasteiger partial charge >= 0.3 is 22.3 Å². The SMILES string of the molecule is COc1ccc(CN(C(=O)Nc2ccc(F)cc2F)C(C)C)cc1OS(=O)(=O)c1cccc(C(F)(F)F)c1. The zero-order valence-corrected chi connectivity index (χ0v) is 21.2. The van der Waals surface area contributed by atoms with Gasteiger partial charge in [0, 0.05) is 18.7 Å². The van der Waals surface area contributed by atoms with Crippen LogP contribution in [0.4, 0.5) is 32.4 Å². The normalized spacial score (nSPS) is 11.8. The molecule has 0 fully saturated rings. The highest BCUT2D eigenvalue weighted by Crippen LogP contribution is 2.34. The predicted octanol–water partition coefficient (Wildman–Crippen LogP) is 6.20. The summed E-state index contributed by atoms with van der Waals surface area (Å²) in [6, 6.07) is 8.74. The number of amides is 2. The number of carbonyl (C=O) groups is 1. The van der Waals surface area contributed by atoms with Crippen LogP contribution in [-0.2, 0) is 22.8 Å². The topological polar surface area (TPSA) is 84.9 Å². The molecule has 0 saturated heterocycles. The fraction of sp³-hybridized carbons (Fsp3) is 0.240. The second-order valence-electron chi connectivity index (χ2n) is 8.32. The number of methoxy groups -OCH3 is 1. The Labute approximate surface area is 215 Å². The molecule has 13 heteroatoms. The molecule has 0 aliphatic carbocycles. The standard InChI is InChI=1S/C25H23F5N2O5S/c1-15(2)32(24(33)31-21-9-8-18(26)13-20(21)27)14-16-7-10-22(36-3)23(11-16)37-38(34,35)19-6-4-5-17(12-19)25(28,29)30/h4-13,15H,14H2,1-3H3,(H,31,33). The molecule has 0 radical (unpaired) electrons. The van der Waals surface area contributed by atoms with E-state index in [-0.39, 0.29) is 23.7 Å². The molecule has 2 amide bonds. The third kappa shape index (κ3) is 6.91. The summed E-state index contributed by atoms with van der Waals surface area (Å²) >= 11 is 0. The minimum absolute atomic E-state index is 0.0294. The van der Waals surface area contributed by atoms with Crippen LogP contribution in [0.2, 0.25) is 0 Å². The lowest BCUT2D eigenvalue weighted by atomic mass is 10.1. The molecule has 7 nitrogen and oxygen atoms in total. The molecule has 3 aromatic carbocycles. The van der Waals surface area contributed by atoms with Gasteiger partial charge in [-0.1, -0.05) is 12.1 Å². The van der Waals surface area contributed by atoms with Gasteiger partial charge in [-0.15, -0.1) is 0 Å². The molecule has 3 aromatic rings. The smallest absolute Gasteiger partial charge is 0.416 e. The number of hydrogen-bond acceptors (Lipinski definition) is 5. The number of alkyl halides is 3. The van der Waals surface area contributed by atoms with Crippen molar-refractivity contribution in [3.05, 3.63) is 83.4 Å². The van der Waals surface area contributed by atoms with Gasteiger partial charge in [0.15, 0.2) is 11.5 Å². The van der Waals surface area contributed by atoms with Crippen LogP contribution in [0.25, 0.3) is 0 Å². The first kappa shape index (κ1) is 28.7. The molecular formula is C25H23F5N2O5S. The lowest BCUT2D eigenvalue weighted by molar-refractivity contribution is -0.137. The summed E-state index contributed by atoms with van der Waals surface area (Å²) < 4.78 is 102. The second-order valence-corrected chi connectivity index (χ2v) is 9.87. The van der Waals surface area contributed by atoms with E-state index in [1.807, 2.05) is 0 Å². The number of hydrogen-bond donors (Lipinski definition) is 1. The van der Waals surface area contributed by atoms with Gasteiger partial charge in [0.25, 0.3) is 0 Å². The van der Waals surface area contributed by atoms with Crippen LogP contribution in [-0.4, -0.2) is 32.5 Å². The van der Waals surface area contributed by atoms with E-state index in [9.17, 15) is 35.2 Å². The van der Waals surface area contributed by atoms with E-state index in [1.165, 1.54) is 30.2 Å². The van der Waals surface area contributed by atoms with Gasteiger partial charge in [0.1, 0.15) is 16.5 Å². The number of nitrogens with one attached hydrogen (secondary N) is 1. The zero-order valence-electron chi connectivity index (χ0n) is 20.3. The molecule has 0 aliphatic rings. The fourth-order valence-electron chi connectivity index (χ4n) is 3.34. The number of carbonyl (C=O) groups excluding carboxylic acids is 1. The van der Waals surface area contributed by atoms with Gasteiger partial charge in [-0.05, 0) is 61.9 Å². The third-order valence-electron chi connectivity index (χ3n) is 5.29. The Balaban J connectivity index is 1.87. The molecule has 0 unspecified atom stereocenters. The Kier molecular flexibility index (Phi) is 8.50. The van der Waals surface area contributed by atoms with Crippen molar-refractivity contribution in [2.45, 2.75) is 37.5 Å². The summed E-state index contributed by atoms with van der Waals surface area (Å²) in [6.07, 6.45) is -4.76. The summed E-state index contributed by atoms with van der Waals surface area (Å²) in [5.74, 6) is -2.14. The molecule has 0 bridgehead atoms. The number of ether oxygens (including phenoxy) is 1. The first-order valence-corrected chi connectivity index (χ1v) is 12.4. The predicted molar refractivity (Wildman–Crippen MR) is 128 cm³/mol. The highest BCUT2D eigenvalue weighted by molar-refractivity contribution is 7.87. The summed E-state index contributed by atoms with van der Waals surface area (Å²) in [4.78, 5) is 13.4. The van der Waals surface area contributed by atoms with Crippen molar-refractivity contribution in [1.82, 2.24) is 4.90 Å². The lowest BCUT2D eigenvalue weighted by Crippen LogP contribution is -2.39. The van der Waals surface area contributed by atoms with Gasteiger partial charge in [-0.3, -0.25) is 0 Å². The monoisotopic (exact) mass is 558 g/mol. The first-order chi connectivity index (χ1) is 17.7. The summed E-state index contributed by atoms with van der Waals surface area (Å²) in [6.45, 7) is 3.26. The molecule has 38 heavy (non-hydrogen) atoms. The molecule has 0 saturated carbocycles.